The number of amides is 1. The van der Waals surface area contributed by atoms with E-state index in [4.69, 9.17) is 4.74 Å². The first-order valence-corrected chi connectivity index (χ1v) is 10.2. The third-order valence-electron chi connectivity index (χ3n) is 4.32. The van der Waals surface area contributed by atoms with E-state index in [0.29, 0.717) is 36.9 Å². The Kier molecular flexibility index (Phi) is 12.6. The molecular weight excluding hydrogens is 529 g/mol. The molecule has 176 valence electrons. The van der Waals surface area contributed by atoms with Crippen LogP contribution in [0.5, 0.6) is 5.75 Å². The van der Waals surface area contributed by atoms with E-state index >= 15 is 0 Å². The van der Waals surface area contributed by atoms with Gasteiger partial charge in [-0.05, 0) is 48.7 Å². The molecule has 0 aliphatic carbocycles. The van der Waals surface area contributed by atoms with E-state index in [1.165, 1.54) is 0 Å². The fourth-order valence-corrected chi connectivity index (χ4v) is 2.85. The number of benzene rings is 2. The summed E-state index contributed by atoms with van der Waals surface area (Å²) >= 11 is 0. The highest BCUT2D eigenvalue weighted by Gasteiger charge is 2.08. The van der Waals surface area contributed by atoms with Gasteiger partial charge in [0.2, 0.25) is 0 Å². The van der Waals surface area contributed by atoms with Gasteiger partial charge in [0.1, 0.15) is 12.4 Å². The zero-order chi connectivity index (χ0) is 22.6. The molecule has 0 saturated heterocycles. The molecule has 32 heavy (non-hydrogen) atoms. The van der Waals surface area contributed by atoms with Crippen molar-refractivity contribution in [1.82, 2.24) is 15.5 Å². The van der Waals surface area contributed by atoms with Crippen molar-refractivity contribution in [3.8, 4) is 5.75 Å². The number of halogens is 3. The van der Waals surface area contributed by atoms with Crippen molar-refractivity contribution in [3.63, 3.8) is 0 Å². The Bertz CT molecular complexity index is 879. The summed E-state index contributed by atoms with van der Waals surface area (Å²) in [5, 5.41) is 6.46. The molecule has 0 spiro atoms. The van der Waals surface area contributed by atoms with Gasteiger partial charge in [0, 0.05) is 32.7 Å². The van der Waals surface area contributed by atoms with E-state index in [-0.39, 0.29) is 29.9 Å². The first-order valence-electron chi connectivity index (χ1n) is 10.2. The van der Waals surface area contributed by atoms with Gasteiger partial charge in [-0.1, -0.05) is 24.3 Å². The second-order valence-electron chi connectivity index (χ2n) is 7.12. The molecule has 0 atom stereocenters. The zero-order valence-corrected chi connectivity index (χ0v) is 20.9. The van der Waals surface area contributed by atoms with Crippen molar-refractivity contribution in [2.24, 2.45) is 4.99 Å². The first kappa shape index (κ1) is 27.6. The van der Waals surface area contributed by atoms with E-state index < -0.39 is 13.0 Å². The van der Waals surface area contributed by atoms with Gasteiger partial charge in [0.15, 0.2) is 5.96 Å². The summed E-state index contributed by atoms with van der Waals surface area (Å²) in [4.78, 5) is 18.2. The first-order chi connectivity index (χ1) is 14.9. The summed E-state index contributed by atoms with van der Waals surface area (Å²) in [7, 11) is 3.46. The third-order valence-corrected chi connectivity index (χ3v) is 4.32. The highest BCUT2D eigenvalue weighted by molar-refractivity contribution is 14.0. The van der Waals surface area contributed by atoms with Gasteiger partial charge >= 0.3 is 0 Å². The number of ether oxygens (including phenoxy) is 1. The van der Waals surface area contributed by atoms with Crippen LogP contribution < -0.4 is 15.4 Å². The summed E-state index contributed by atoms with van der Waals surface area (Å²) in [5.41, 5.74) is 2.58. The second kappa shape index (κ2) is 14.6. The average Bonchev–Trinajstić information content (AvgIpc) is 2.76. The predicted molar refractivity (Wildman–Crippen MR) is 134 cm³/mol. The molecule has 0 heterocycles. The van der Waals surface area contributed by atoms with Crippen LogP contribution in [0.25, 0.3) is 0 Å². The monoisotopic (exact) mass is 560 g/mol. The molecule has 0 unspecified atom stereocenters. The fraction of sp³-hybridized carbons (Fsp3) is 0.391. The number of rotatable bonds is 10. The van der Waals surface area contributed by atoms with Crippen molar-refractivity contribution in [1.29, 1.82) is 0 Å². The molecule has 1 amide bonds. The molecule has 0 aliphatic rings. The number of hydrogen-bond donors (Lipinski definition) is 2. The van der Waals surface area contributed by atoms with E-state index in [1.54, 1.807) is 37.2 Å². The molecule has 9 heteroatoms. The normalized spacial score (nSPS) is 11.0. The maximum atomic E-state index is 12.3. The minimum absolute atomic E-state index is 0. The second-order valence-corrected chi connectivity index (χ2v) is 7.12. The van der Waals surface area contributed by atoms with Crippen LogP contribution >= 0.6 is 24.0 Å². The van der Waals surface area contributed by atoms with Crippen molar-refractivity contribution in [2.75, 3.05) is 33.8 Å². The number of carbonyl (C=O) groups is 1. The third kappa shape index (κ3) is 9.80. The molecule has 2 aromatic rings. The molecule has 2 aromatic carbocycles. The maximum Gasteiger partial charge on any atom is 0.272 e. The van der Waals surface area contributed by atoms with Crippen LogP contribution in [0, 0.1) is 0 Å². The highest BCUT2D eigenvalue weighted by Crippen LogP contribution is 2.15. The summed E-state index contributed by atoms with van der Waals surface area (Å²) < 4.78 is 29.7. The largest absolute Gasteiger partial charge is 0.488 e. The quantitative estimate of drug-likeness (QED) is 0.263. The number of carbonyl (C=O) groups excluding carboxylic acids is 1. The van der Waals surface area contributed by atoms with Crippen molar-refractivity contribution in [2.45, 2.75) is 26.3 Å². The summed E-state index contributed by atoms with van der Waals surface area (Å²) in [6.45, 7) is 3.08. The average molecular weight is 560 g/mol. The van der Waals surface area contributed by atoms with Gasteiger partial charge in [-0.25, -0.2) is 13.8 Å². The summed E-state index contributed by atoms with van der Waals surface area (Å²) in [6, 6.07) is 14.6. The molecule has 2 N–H and O–H groups in total. The number of nitrogens with zero attached hydrogens (tertiary/aromatic N) is 2. The Morgan fingerprint density at radius 3 is 2.50 bits per heavy atom. The van der Waals surface area contributed by atoms with Crippen LogP contribution in [-0.2, 0) is 13.0 Å². The Morgan fingerprint density at radius 1 is 1.09 bits per heavy atom. The van der Waals surface area contributed by atoms with Crippen LogP contribution in [0.3, 0.4) is 0 Å². The molecule has 0 bridgehead atoms. The van der Waals surface area contributed by atoms with Gasteiger partial charge in [-0.15, -0.1) is 24.0 Å². The molecule has 0 aliphatic heterocycles. The van der Waals surface area contributed by atoms with Gasteiger partial charge in [-0.3, -0.25) is 4.79 Å². The topological polar surface area (TPSA) is 66.0 Å². The smallest absolute Gasteiger partial charge is 0.272 e. The zero-order valence-electron chi connectivity index (χ0n) is 18.6. The van der Waals surface area contributed by atoms with E-state index in [1.807, 2.05) is 37.3 Å². The van der Waals surface area contributed by atoms with Crippen molar-refractivity contribution < 1.29 is 18.3 Å². The van der Waals surface area contributed by atoms with Gasteiger partial charge in [-0.2, -0.15) is 0 Å². The number of aliphatic imine (C=N–C) groups is 1. The van der Waals surface area contributed by atoms with Crippen LogP contribution in [0.4, 0.5) is 8.78 Å². The van der Waals surface area contributed by atoms with E-state index in [0.717, 1.165) is 17.5 Å². The van der Waals surface area contributed by atoms with Crippen LogP contribution in [0.1, 0.15) is 28.4 Å². The number of nitrogens with one attached hydrogen (secondary N) is 2. The minimum atomic E-state index is -2.51. The van der Waals surface area contributed by atoms with E-state index in [2.05, 4.69) is 15.6 Å². The van der Waals surface area contributed by atoms with Gasteiger partial charge in [0.25, 0.3) is 12.3 Å². The van der Waals surface area contributed by atoms with Crippen molar-refractivity contribution in [3.05, 3.63) is 65.2 Å². The Labute approximate surface area is 205 Å². The molecular formula is C23H31F2IN4O2. The molecule has 0 radical (unpaired) electrons. The number of alkyl halides is 2. The maximum absolute atomic E-state index is 12.3. The lowest BCUT2D eigenvalue weighted by Crippen LogP contribution is -2.38. The van der Waals surface area contributed by atoms with Gasteiger partial charge < -0.3 is 20.3 Å². The summed E-state index contributed by atoms with van der Waals surface area (Å²) in [6.07, 6.45) is -1.77. The van der Waals surface area contributed by atoms with Crippen LogP contribution in [0.15, 0.2) is 53.5 Å². The Hall–Kier alpha value is -2.43. The molecule has 6 nitrogen and oxygen atoms in total. The van der Waals surface area contributed by atoms with E-state index in [9.17, 15) is 13.6 Å². The summed E-state index contributed by atoms with van der Waals surface area (Å²) in [5.74, 6) is 1.03. The van der Waals surface area contributed by atoms with Crippen molar-refractivity contribution >= 4 is 35.8 Å². The number of guanidine groups is 1. The predicted octanol–water partition coefficient (Wildman–Crippen LogP) is 3.95. The van der Waals surface area contributed by atoms with Crippen LogP contribution in [0.2, 0.25) is 0 Å². The lowest BCUT2D eigenvalue weighted by atomic mass is 10.1. The SMILES string of the molecule is CCNC(=NCc1cccc(OCC(F)F)c1)NCCc1cccc(C(=O)N(C)C)c1.I. The molecule has 2 rings (SSSR count). The molecule has 0 fully saturated rings. The Morgan fingerprint density at radius 2 is 1.81 bits per heavy atom. The van der Waals surface area contributed by atoms with Gasteiger partial charge in [0.05, 0.1) is 6.54 Å². The number of hydrogen-bond acceptors (Lipinski definition) is 3. The minimum Gasteiger partial charge on any atom is -0.488 e. The highest BCUT2D eigenvalue weighted by atomic mass is 127. The standard InChI is InChI=1S/C23H30F2N4O2.HI/c1-4-26-23(28-15-18-8-6-10-20(14-18)31-16-21(24)25)27-12-11-17-7-5-9-19(13-17)22(30)29(2)3;/h5-10,13-14,21H,4,11-12,15-16H2,1-3H3,(H2,26,27,28);1H. The fourth-order valence-electron chi connectivity index (χ4n) is 2.85. The molecule has 0 aromatic heterocycles. The lowest BCUT2D eigenvalue weighted by Gasteiger charge is -2.13. The Balaban J connectivity index is 0.00000512. The van der Waals surface area contributed by atoms with Crippen LogP contribution in [-0.4, -0.2) is 57.0 Å². The lowest BCUT2D eigenvalue weighted by molar-refractivity contribution is 0.0817. The molecule has 0 saturated carbocycles.